The Morgan fingerprint density at radius 3 is 2.28 bits per heavy atom. The summed E-state index contributed by atoms with van der Waals surface area (Å²) in [7, 11) is 0. The summed E-state index contributed by atoms with van der Waals surface area (Å²) in [5.41, 5.74) is 8.66. The number of benzene rings is 3. The Kier molecular flexibility index (Phi) is 9.10. The van der Waals surface area contributed by atoms with Gasteiger partial charge in [0.05, 0.1) is 6.61 Å². The zero-order valence-electron chi connectivity index (χ0n) is 18.1. The molecule has 3 aromatic rings. The zero-order chi connectivity index (χ0) is 22.2. The molecule has 3 rings (SSSR count). The van der Waals surface area contributed by atoms with Crippen LogP contribution in [0.3, 0.4) is 0 Å². The fraction of sp³-hybridized carbons (Fsp3) is 0.200. The molecule has 0 radical (unpaired) electrons. The van der Waals surface area contributed by atoms with Crippen LogP contribution in [0.5, 0.6) is 11.5 Å². The lowest BCUT2D eigenvalue weighted by Gasteiger charge is -2.21. The molecule has 0 aromatic heterocycles. The molecule has 4 N–H and O–H groups in total. The van der Waals surface area contributed by atoms with Crippen molar-refractivity contribution in [2.45, 2.75) is 26.3 Å². The van der Waals surface area contributed by atoms with Crippen LogP contribution in [0.1, 0.15) is 36.6 Å². The van der Waals surface area contributed by atoms with Gasteiger partial charge in [0.2, 0.25) is 0 Å². The number of esters is 1. The van der Waals surface area contributed by atoms with Gasteiger partial charge < -0.3 is 20.5 Å². The van der Waals surface area contributed by atoms with Crippen LogP contribution in [-0.4, -0.2) is 18.4 Å². The Bertz CT molecular complexity index is 1040. The van der Waals surface area contributed by atoms with E-state index >= 15 is 0 Å². The van der Waals surface area contributed by atoms with Gasteiger partial charge in [-0.05, 0) is 73.0 Å². The zero-order valence-corrected chi connectivity index (χ0v) is 18.9. The van der Waals surface area contributed by atoms with Crippen LogP contribution in [0, 0.1) is 5.41 Å². The highest BCUT2D eigenvalue weighted by atomic mass is 35.5. The predicted molar refractivity (Wildman–Crippen MR) is 130 cm³/mol. The minimum Gasteiger partial charge on any atom is -0.464 e. The van der Waals surface area contributed by atoms with Crippen molar-refractivity contribution in [2.75, 3.05) is 11.9 Å². The Labute approximate surface area is 194 Å². The first-order valence-corrected chi connectivity index (χ1v) is 10.2. The molecule has 0 fully saturated rings. The fourth-order valence-corrected chi connectivity index (χ4v) is 3.16. The second kappa shape index (κ2) is 11.8. The molecule has 1 atom stereocenters. The van der Waals surface area contributed by atoms with Gasteiger partial charge in [0.15, 0.2) is 6.04 Å². The molecule has 0 aliphatic heterocycles. The van der Waals surface area contributed by atoms with Crippen molar-refractivity contribution in [3.63, 3.8) is 0 Å². The first-order chi connectivity index (χ1) is 15.0. The van der Waals surface area contributed by atoms with Crippen LogP contribution in [-0.2, 0) is 16.0 Å². The number of carbonyl (C=O) groups excluding carboxylic acids is 1. The lowest BCUT2D eigenvalue weighted by atomic mass is 10.0. The first-order valence-electron chi connectivity index (χ1n) is 10.2. The van der Waals surface area contributed by atoms with E-state index in [1.165, 1.54) is 0 Å². The second-order valence-electron chi connectivity index (χ2n) is 7.00. The highest BCUT2D eigenvalue weighted by molar-refractivity contribution is 5.95. The van der Waals surface area contributed by atoms with Crippen molar-refractivity contribution in [1.82, 2.24) is 0 Å². The highest BCUT2D eigenvalue weighted by Gasteiger charge is 2.23. The third-order valence-corrected chi connectivity index (χ3v) is 4.74. The van der Waals surface area contributed by atoms with Crippen molar-refractivity contribution in [3.05, 3.63) is 89.5 Å². The van der Waals surface area contributed by atoms with Gasteiger partial charge in [0, 0.05) is 11.3 Å². The van der Waals surface area contributed by atoms with Crippen LogP contribution in [0.4, 0.5) is 5.69 Å². The lowest BCUT2D eigenvalue weighted by Crippen LogP contribution is -2.23. The Morgan fingerprint density at radius 1 is 1.00 bits per heavy atom. The number of carbonyl (C=O) groups is 1. The molecule has 3 aromatic carbocycles. The number of para-hydroxylation sites is 1. The van der Waals surface area contributed by atoms with E-state index in [1.807, 2.05) is 48.5 Å². The SMILES string of the molecule is CCOC(=O)C(Nc1ccc(C(=N)N)cc1)c1cc(CC)cc(Oc2ccccc2)c1.Cl. The fourth-order valence-electron chi connectivity index (χ4n) is 3.16. The average Bonchev–Trinajstić information content (AvgIpc) is 2.78. The van der Waals surface area contributed by atoms with E-state index in [-0.39, 0.29) is 30.8 Å². The van der Waals surface area contributed by atoms with Crippen LogP contribution >= 0.6 is 12.4 Å². The molecule has 0 aliphatic rings. The van der Waals surface area contributed by atoms with Crippen molar-refractivity contribution in [2.24, 2.45) is 5.73 Å². The maximum Gasteiger partial charge on any atom is 0.333 e. The summed E-state index contributed by atoms with van der Waals surface area (Å²) < 4.78 is 11.4. The van der Waals surface area contributed by atoms with Crippen molar-refractivity contribution in [3.8, 4) is 11.5 Å². The van der Waals surface area contributed by atoms with E-state index in [9.17, 15) is 4.79 Å². The number of halogens is 1. The molecule has 32 heavy (non-hydrogen) atoms. The van der Waals surface area contributed by atoms with Gasteiger partial charge in [-0.3, -0.25) is 5.41 Å². The second-order valence-corrected chi connectivity index (χ2v) is 7.00. The molecule has 1 unspecified atom stereocenters. The van der Waals surface area contributed by atoms with E-state index < -0.39 is 6.04 Å². The minimum atomic E-state index is -0.715. The monoisotopic (exact) mass is 453 g/mol. The summed E-state index contributed by atoms with van der Waals surface area (Å²) in [6.45, 7) is 4.11. The van der Waals surface area contributed by atoms with E-state index in [2.05, 4.69) is 12.2 Å². The number of nitrogen functional groups attached to an aromatic ring is 1. The van der Waals surface area contributed by atoms with Gasteiger partial charge in [-0.2, -0.15) is 0 Å². The molecule has 0 bridgehead atoms. The lowest BCUT2D eigenvalue weighted by molar-refractivity contribution is -0.144. The van der Waals surface area contributed by atoms with Crippen molar-refractivity contribution < 1.29 is 14.3 Å². The summed E-state index contributed by atoms with van der Waals surface area (Å²) in [6.07, 6.45) is 0.793. The van der Waals surface area contributed by atoms with E-state index in [0.29, 0.717) is 11.3 Å². The normalized spacial score (nSPS) is 11.1. The summed E-state index contributed by atoms with van der Waals surface area (Å²) in [4.78, 5) is 12.8. The molecule has 0 saturated heterocycles. The third-order valence-electron chi connectivity index (χ3n) is 4.74. The summed E-state index contributed by atoms with van der Waals surface area (Å²) >= 11 is 0. The number of ether oxygens (including phenoxy) is 2. The maximum absolute atomic E-state index is 12.8. The number of rotatable bonds is 9. The Hall–Kier alpha value is -3.51. The van der Waals surface area contributed by atoms with Gasteiger partial charge in [-0.25, -0.2) is 4.79 Å². The molecular formula is C25H28ClN3O3. The number of hydrogen-bond acceptors (Lipinski definition) is 5. The van der Waals surface area contributed by atoms with E-state index in [1.54, 1.807) is 31.2 Å². The van der Waals surface area contributed by atoms with E-state index in [0.717, 1.165) is 29.0 Å². The summed E-state index contributed by atoms with van der Waals surface area (Å²) in [5.74, 6) is 0.995. The molecule has 168 valence electrons. The van der Waals surface area contributed by atoms with Crippen LogP contribution in [0.2, 0.25) is 0 Å². The van der Waals surface area contributed by atoms with Gasteiger partial charge in [-0.1, -0.05) is 31.2 Å². The van der Waals surface area contributed by atoms with Crippen molar-refractivity contribution >= 4 is 29.9 Å². The number of hydrogen-bond donors (Lipinski definition) is 3. The molecule has 0 heterocycles. The average molecular weight is 454 g/mol. The predicted octanol–water partition coefficient (Wildman–Crippen LogP) is 5.46. The number of anilines is 1. The van der Waals surface area contributed by atoms with Gasteiger partial charge in [0.25, 0.3) is 0 Å². The molecule has 6 nitrogen and oxygen atoms in total. The number of aryl methyl sites for hydroxylation is 1. The van der Waals surface area contributed by atoms with E-state index in [4.69, 9.17) is 20.6 Å². The van der Waals surface area contributed by atoms with Crippen LogP contribution in [0.15, 0.2) is 72.8 Å². The molecular weight excluding hydrogens is 426 g/mol. The highest BCUT2D eigenvalue weighted by Crippen LogP contribution is 2.29. The molecule has 0 spiro atoms. The van der Waals surface area contributed by atoms with Crippen molar-refractivity contribution in [1.29, 1.82) is 5.41 Å². The van der Waals surface area contributed by atoms with Gasteiger partial charge in [0.1, 0.15) is 17.3 Å². The summed E-state index contributed by atoms with van der Waals surface area (Å²) in [5, 5.41) is 10.8. The standard InChI is InChI=1S/C25H27N3O3.ClH/c1-3-17-14-19(16-22(15-17)31-21-8-6-5-7-9-21)23(25(29)30-4-2)28-20-12-10-18(11-13-20)24(26)27;/h5-16,23,28H,3-4H2,1-2H3,(H3,26,27);1H. The van der Waals surface area contributed by atoms with Gasteiger partial charge in [-0.15, -0.1) is 12.4 Å². The largest absolute Gasteiger partial charge is 0.464 e. The number of nitrogens with one attached hydrogen (secondary N) is 2. The Morgan fingerprint density at radius 2 is 1.69 bits per heavy atom. The third kappa shape index (κ3) is 6.49. The van der Waals surface area contributed by atoms with Gasteiger partial charge >= 0.3 is 5.97 Å². The molecule has 7 heteroatoms. The molecule has 0 amide bonds. The molecule has 0 saturated carbocycles. The number of nitrogens with two attached hydrogens (primary N) is 1. The molecule has 0 aliphatic carbocycles. The van der Waals surface area contributed by atoms with Crippen LogP contribution in [0.25, 0.3) is 0 Å². The first kappa shape index (κ1) is 24.8. The minimum absolute atomic E-state index is 0. The smallest absolute Gasteiger partial charge is 0.333 e. The quantitative estimate of drug-likeness (QED) is 0.227. The van der Waals surface area contributed by atoms with Crippen LogP contribution < -0.4 is 15.8 Å². The topological polar surface area (TPSA) is 97.4 Å². The summed E-state index contributed by atoms with van der Waals surface area (Å²) in [6, 6.07) is 21.7. The Balaban J connectivity index is 0.00000363. The number of amidine groups is 1. The maximum atomic E-state index is 12.8.